The molecule has 6 heteroatoms. The van der Waals surface area contributed by atoms with Gasteiger partial charge in [0.25, 0.3) is 0 Å². The van der Waals surface area contributed by atoms with Crippen molar-refractivity contribution in [2.24, 2.45) is 14.1 Å². The molecule has 6 nitrogen and oxygen atoms in total. The van der Waals surface area contributed by atoms with Crippen molar-refractivity contribution in [3.63, 3.8) is 0 Å². The molecule has 2 aromatic rings. The zero-order valence-corrected chi connectivity index (χ0v) is 10.1. The van der Waals surface area contributed by atoms with Gasteiger partial charge in [-0.25, -0.2) is 9.78 Å². The molecule has 0 saturated carbocycles. The van der Waals surface area contributed by atoms with Gasteiger partial charge in [-0.05, 0) is 6.92 Å². The third-order valence-electron chi connectivity index (χ3n) is 2.74. The Morgan fingerprint density at radius 3 is 2.31 bits per heavy atom. The topological polar surface area (TPSA) is 56.0 Å². The van der Waals surface area contributed by atoms with E-state index < -0.39 is 0 Å². The fourth-order valence-electron chi connectivity index (χ4n) is 1.70. The van der Waals surface area contributed by atoms with Crippen molar-refractivity contribution in [2.75, 3.05) is 19.0 Å². The van der Waals surface area contributed by atoms with E-state index in [0.29, 0.717) is 11.5 Å². The van der Waals surface area contributed by atoms with Gasteiger partial charge in [-0.2, -0.15) is 4.98 Å². The van der Waals surface area contributed by atoms with Crippen molar-refractivity contribution in [2.45, 2.75) is 6.92 Å². The van der Waals surface area contributed by atoms with Crippen LogP contribution in [0.3, 0.4) is 0 Å². The number of rotatable bonds is 1. The van der Waals surface area contributed by atoms with E-state index >= 15 is 0 Å². The minimum absolute atomic E-state index is 0.283. The molecule has 86 valence electrons. The van der Waals surface area contributed by atoms with Crippen LogP contribution in [0.1, 0.15) is 5.82 Å². The lowest BCUT2D eigenvalue weighted by molar-refractivity contribution is 0.832. The van der Waals surface area contributed by atoms with Crippen LogP contribution >= 0.6 is 0 Å². The third-order valence-corrected chi connectivity index (χ3v) is 2.74. The summed E-state index contributed by atoms with van der Waals surface area (Å²) < 4.78 is 3.41. The molecule has 0 aliphatic heterocycles. The summed E-state index contributed by atoms with van der Waals surface area (Å²) >= 11 is 0. The standard InChI is InChI=1S/C10H15N5O/c1-6-11-9-7(14(6)4)8(13(2)3)12-10(16)15(9)5/h1-5H3. The van der Waals surface area contributed by atoms with Gasteiger partial charge >= 0.3 is 5.69 Å². The van der Waals surface area contributed by atoms with E-state index in [0.717, 1.165) is 11.3 Å². The first-order chi connectivity index (χ1) is 7.43. The van der Waals surface area contributed by atoms with E-state index in [4.69, 9.17) is 0 Å². The van der Waals surface area contributed by atoms with Gasteiger partial charge < -0.3 is 9.47 Å². The summed E-state index contributed by atoms with van der Waals surface area (Å²) in [5.74, 6) is 1.52. The number of nitrogens with zero attached hydrogens (tertiary/aromatic N) is 5. The van der Waals surface area contributed by atoms with Crippen LogP contribution in [0.5, 0.6) is 0 Å². The number of hydrogen-bond acceptors (Lipinski definition) is 4. The number of aryl methyl sites for hydroxylation is 3. The molecule has 0 amide bonds. The highest BCUT2D eigenvalue weighted by Crippen LogP contribution is 2.21. The molecule has 0 spiro atoms. The summed E-state index contributed by atoms with van der Waals surface area (Å²) in [4.78, 5) is 21.9. The lowest BCUT2D eigenvalue weighted by atomic mass is 10.4. The van der Waals surface area contributed by atoms with Gasteiger partial charge in [0, 0.05) is 28.2 Å². The highest BCUT2D eigenvalue weighted by molar-refractivity contribution is 5.84. The molecular weight excluding hydrogens is 206 g/mol. The van der Waals surface area contributed by atoms with E-state index in [1.807, 2.05) is 37.5 Å². The maximum absolute atomic E-state index is 11.7. The van der Waals surface area contributed by atoms with Crippen molar-refractivity contribution in [1.82, 2.24) is 19.1 Å². The van der Waals surface area contributed by atoms with Gasteiger partial charge in [0.2, 0.25) is 0 Å². The molecule has 0 aliphatic rings. The van der Waals surface area contributed by atoms with Crippen LogP contribution < -0.4 is 10.6 Å². The Bertz CT molecular complexity index is 608. The number of imidazole rings is 1. The number of hydrogen-bond donors (Lipinski definition) is 0. The molecule has 0 aromatic carbocycles. The number of anilines is 1. The summed E-state index contributed by atoms with van der Waals surface area (Å²) in [5.41, 5.74) is 1.27. The zero-order valence-electron chi connectivity index (χ0n) is 10.1. The molecule has 0 aliphatic carbocycles. The zero-order chi connectivity index (χ0) is 12.0. The van der Waals surface area contributed by atoms with Gasteiger partial charge in [0.1, 0.15) is 11.3 Å². The predicted molar refractivity (Wildman–Crippen MR) is 62.8 cm³/mol. The fraction of sp³-hybridized carbons (Fsp3) is 0.500. The summed E-state index contributed by atoms with van der Waals surface area (Å²) in [6.07, 6.45) is 0. The van der Waals surface area contributed by atoms with Crippen molar-refractivity contribution in [1.29, 1.82) is 0 Å². The first-order valence-corrected chi connectivity index (χ1v) is 5.01. The van der Waals surface area contributed by atoms with E-state index in [1.165, 1.54) is 4.57 Å². The van der Waals surface area contributed by atoms with E-state index in [-0.39, 0.29) is 5.69 Å². The quantitative estimate of drug-likeness (QED) is 0.682. The molecule has 2 heterocycles. The highest BCUT2D eigenvalue weighted by Gasteiger charge is 2.15. The SMILES string of the molecule is Cc1nc2c(c(N(C)C)nc(=O)n2C)n1C. The van der Waals surface area contributed by atoms with E-state index in [2.05, 4.69) is 9.97 Å². The average molecular weight is 221 g/mol. The molecule has 0 fully saturated rings. The van der Waals surface area contributed by atoms with Crippen LogP contribution in [0.25, 0.3) is 11.2 Å². The Balaban J connectivity index is 3.02. The Morgan fingerprint density at radius 2 is 1.75 bits per heavy atom. The lowest BCUT2D eigenvalue weighted by Gasteiger charge is -2.13. The monoisotopic (exact) mass is 221 g/mol. The van der Waals surface area contributed by atoms with Crippen LogP contribution in [0, 0.1) is 6.92 Å². The molecule has 16 heavy (non-hydrogen) atoms. The lowest BCUT2D eigenvalue weighted by Crippen LogP contribution is -2.25. The van der Waals surface area contributed by atoms with Crippen LogP contribution in [0.4, 0.5) is 5.82 Å². The summed E-state index contributed by atoms with van der Waals surface area (Å²) in [5, 5.41) is 0. The largest absolute Gasteiger partial charge is 0.361 e. The normalized spacial score (nSPS) is 11.1. The van der Waals surface area contributed by atoms with Crippen LogP contribution in [0.2, 0.25) is 0 Å². The number of aromatic nitrogens is 4. The minimum Gasteiger partial charge on any atom is -0.361 e. The molecule has 2 aromatic heterocycles. The minimum atomic E-state index is -0.283. The molecule has 0 unspecified atom stereocenters. The first kappa shape index (κ1) is 10.7. The summed E-state index contributed by atoms with van der Waals surface area (Å²) in [7, 11) is 7.33. The van der Waals surface area contributed by atoms with E-state index in [9.17, 15) is 4.79 Å². The Kier molecular flexibility index (Phi) is 2.22. The third kappa shape index (κ3) is 1.30. The van der Waals surface area contributed by atoms with Crippen LogP contribution in [-0.2, 0) is 14.1 Å². The number of fused-ring (bicyclic) bond motifs is 1. The van der Waals surface area contributed by atoms with Gasteiger partial charge in [-0.3, -0.25) is 4.57 Å². The molecule has 0 atom stereocenters. The molecule has 2 rings (SSSR count). The molecule has 0 radical (unpaired) electrons. The van der Waals surface area contributed by atoms with Gasteiger partial charge in [-0.1, -0.05) is 0 Å². The van der Waals surface area contributed by atoms with Crippen molar-refractivity contribution in [3.8, 4) is 0 Å². The van der Waals surface area contributed by atoms with Gasteiger partial charge in [0.05, 0.1) is 0 Å². The molecular formula is C10H15N5O. The van der Waals surface area contributed by atoms with Gasteiger partial charge in [0.15, 0.2) is 11.5 Å². The maximum Gasteiger partial charge on any atom is 0.351 e. The second-order valence-electron chi connectivity index (χ2n) is 4.06. The van der Waals surface area contributed by atoms with Crippen molar-refractivity contribution < 1.29 is 0 Å². The van der Waals surface area contributed by atoms with Crippen molar-refractivity contribution in [3.05, 3.63) is 16.3 Å². The second-order valence-corrected chi connectivity index (χ2v) is 4.06. The fourth-order valence-corrected chi connectivity index (χ4v) is 1.70. The van der Waals surface area contributed by atoms with Crippen LogP contribution in [0.15, 0.2) is 4.79 Å². The molecule has 0 N–H and O–H groups in total. The smallest absolute Gasteiger partial charge is 0.351 e. The maximum atomic E-state index is 11.7. The summed E-state index contributed by atoms with van der Waals surface area (Å²) in [6, 6.07) is 0. The molecule has 0 bridgehead atoms. The molecule has 0 saturated heterocycles. The Hall–Kier alpha value is -1.85. The van der Waals surface area contributed by atoms with Crippen LogP contribution in [-0.4, -0.2) is 33.2 Å². The Labute approximate surface area is 93.1 Å². The summed E-state index contributed by atoms with van der Waals surface area (Å²) in [6.45, 7) is 1.91. The highest BCUT2D eigenvalue weighted by atomic mass is 16.1. The first-order valence-electron chi connectivity index (χ1n) is 5.01. The van der Waals surface area contributed by atoms with Crippen molar-refractivity contribution >= 4 is 17.0 Å². The van der Waals surface area contributed by atoms with Gasteiger partial charge in [-0.15, -0.1) is 0 Å². The van der Waals surface area contributed by atoms with E-state index in [1.54, 1.807) is 7.05 Å². The Morgan fingerprint density at radius 1 is 1.12 bits per heavy atom. The second kappa shape index (κ2) is 3.33. The average Bonchev–Trinajstić information content (AvgIpc) is 2.50. The predicted octanol–water partition coefficient (Wildman–Crippen LogP) is 0.0414.